The van der Waals surface area contributed by atoms with Crippen LogP contribution in [0, 0.1) is 0 Å². The number of halogens is 3. The first kappa shape index (κ1) is 17.2. The summed E-state index contributed by atoms with van der Waals surface area (Å²) in [6.07, 6.45) is -4.22. The zero-order valence-corrected chi connectivity index (χ0v) is 13.2. The van der Waals surface area contributed by atoms with E-state index >= 15 is 0 Å². The number of hydrogen-bond donors (Lipinski definition) is 0. The van der Waals surface area contributed by atoms with E-state index in [0.29, 0.717) is 11.4 Å². The van der Waals surface area contributed by atoms with Gasteiger partial charge in [0.25, 0.3) is 0 Å². The van der Waals surface area contributed by atoms with Crippen LogP contribution in [0.15, 0.2) is 40.5 Å². The molecule has 1 aliphatic heterocycles. The van der Waals surface area contributed by atoms with Crippen molar-refractivity contribution in [2.45, 2.75) is 39.3 Å². The molecule has 1 aliphatic rings. The summed E-state index contributed by atoms with van der Waals surface area (Å²) in [5, 5.41) is 0. The molecule has 1 atom stereocenters. The SMILES string of the molecule is CCOC(=O)C1=C(C)N=C(C)CC1c1ccccc1C(F)(F)F. The van der Waals surface area contributed by atoms with Gasteiger partial charge >= 0.3 is 12.1 Å². The minimum atomic E-state index is -4.48. The number of allylic oxidation sites excluding steroid dienone is 1. The van der Waals surface area contributed by atoms with E-state index < -0.39 is 23.6 Å². The zero-order chi connectivity index (χ0) is 17.2. The standard InChI is InChI=1S/C17H18F3NO2/c1-4-23-16(22)15-11(3)21-10(2)9-13(15)12-7-5-6-8-14(12)17(18,19)20/h5-8,13H,4,9H2,1-3H3. The quantitative estimate of drug-likeness (QED) is 0.768. The van der Waals surface area contributed by atoms with Gasteiger partial charge in [-0.15, -0.1) is 0 Å². The van der Waals surface area contributed by atoms with Crippen molar-refractivity contribution < 1.29 is 22.7 Å². The number of carbonyl (C=O) groups is 1. The molecule has 0 N–H and O–H groups in total. The molecule has 0 aliphatic carbocycles. The summed E-state index contributed by atoms with van der Waals surface area (Å²) in [5.41, 5.74) is 0.659. The molecule has 0 spiro atoms. The van der Waals surface area contributed by atoms with Crippen LogP contribution in [-0.4, -0.2) is 18.3 Å². The van der Waals surface area contributed by atoms with Gasteiger partial charge in [-0.05, 0) is 38.8 Å². The molecule has 0 aromatic heterocycles. The topological polar surface area (TPSA) is 38.7 Å². The summed E-state index contributed by atoms with van der Waals surface area (Å²) in [7, 11) is 0. The summed E-state index contributed by atoms with van der Waals surface area (Å²) in [6.45, 7) is 5.18. The van der Waals surface area contributed by atoms with Crippen molar-refractivity contribution in [3.05, 3.63) is 46.7 Å². The van der Waals surface area contributed by atoms with Crippen LogP contribution in [0.3, 0.4) is 0 Å². The maximum atomic E-state index is 13.3. The molecule has 0 bridgehead atoms. The third-order valence-electron chi connectivity index (χ3n) is 3.73. The molecule has 23 heavy (non-hydrogen) atoms. The van der Waals surface area contributed by atoms with Gasteiger partial charge in [-0.1, -0.05) is 18.2 Å². The first-order valence-electron chi connectivity index (χ1n) is 7.33. The fourth-order valence-electron chi connectivity index (χ4n) is 2.87. The third-order valence-corrected chi connectivity index (χ3v) is 3.73. The lowest BCUT2D eigenvalue weighted by atomic mass is 9.81. The van der Waals surface area contributed by atoms with Gasteiger partial charge < -0.3 is 4.74 Å². The molecule has 0 saturated carbocycles. The Morgan fingerprint density at radius 3 is 2.57 bits per heavy atom. The van der Waals surface area contributed by atoms with Crippen LogP contribution >= 0.6 is 0 Å². The van der Waals surface area contributed by atoms with Crippen molar-refractivity contribution >= 4 is 11.7 Å². The number of ether oxygens (including phenoxy) is 1. The average Bonchev–Trinajstić information content (AvgIpc) is 2.45. The second-order valence-electron chi connectivity index (χ2n) is 5.41. The molecule has 0 radical (unpaired) electrons. The third kappa shape index (κ3) is 3.63. The van der Waals surface area contributed by atoms with Crippen molar-refractivity contribution in [1.29, 1.82) is 0 Å². The molecule has 1 aromatic carbocycles. The summed E-state index contributed by atoms with van der Waals surface area (Å²) in [5.74, 6) is -1.31. The zero-order valence-electron chi connectivity index (χ0n) is 13.2. The van der Waals surface area contributed by atoms with Gasteiger partial charge in [0.15, 0.2) is 0 Å². The molecular weight excluding hydrogens is 307 g/mol. The average molecular weight is 325 g/mol. The second kappa shape index (κ2) is 6.56. The minimum absolute atomic E-state index is 0.0802. The Morgan fingerprint density at radius 1 is 1.30 bits per heavy atom. The van der Waals surface area contributed by atoms with E-state index in [1.54, 1.807) is 26.8 Å². The van der Waals surface area contributed by atoms with E-state index in [2.05, 4.69) is 4.99 Å². The number of carbonyl (C=O) groups excluding carboxylic acids is 1. The number of benzene rings is 1. The van der Waals surface area contributed by atoms with Gasteiger partial charge in [0.05, 0.1) is 17.7 Å². The molecule has 1 heterocycles. The Kier molecular flexibility index (Phi) is 4.92. The normalized spacial score (nSPS) is 18.7. The van der Waals surface area contributed by atoms with Gasteiger partial charge in [-0.25, -0.2) is 4.79 Å². The maximum Gasteiger partial charge on any atom is 0.416 e. The highest BCUT2D eigenvalue weighted by molar-refractivity contribution is 5.96. The highest BCUT2D eigenvalue weighted by Gasteiger charge is 2.38. The largest absolute Gasteiger partial charge is 0.463 e. The predicted molar refractivity (Wildman–Crippen MR) is 81.2 cm³/mol. The number of aliphatic imine (C=N–C) groups is 1. The van der Waals surface area contributed by atoms with Gasteiger partial charge in [-0.3, -0.25) is 4.99 Å². The smallest absolute Gasteiger partial charge is 0.416 e. The maximum absolute atomic E-state index is 13.3. The highest BCUT2D eigenvalue weighted by atomic mass is 19.4. The highest BCUT2D eigenvalue weighted by Crippen LogP contribution is 2.41. The lowest BCUT2D eigenvalue weighted by Gasteiger charge is -2.27. The molecular formula is C17H18F3NO2. The molecule has 2 rings (SSSR count). The summed E-state index contributed by atoms with van der Waals surface area (Å²) in [4.78, 5) is 16.5. The van der Waals surface area contributed by atoms with Crippen molar-refractivity contribution in [1.82, 2.24) is 0 Å². The van der Waals surface area contributed by atoms with Crippen LogP contribution in [0.5, 0.6) is 0 Å². The molecule has 3 nitrogen and oxygen atoms in total. The van der Waals surface area contributed by atoms with Crippen LogP contribution in [0.2, 0.25) is 0 Å². The molecule has 0 fully saturated rings. The number of alkyl halides is 3. The van der Waals surface area contributed by atoms with Crippen LogP contribution in [0.25, 0.3) is 0 Å². The van der Waals surface area contributed by atoms with Crippen molar-refractivity contribution in [2.24, 2.45) is 4.99 Å². The van der Waals surface area contributed by atoms with Crippen LogP contribution in [-0.2, 0) is 15.7 Å². The van der Waals surface area contributed by atoms with Crippen LogP contribution in [0.4, 0.5) is 13.2 Å². The second-order valence-corrected chi connectivity index (χ2v) is 5.41. The Labute approximate surface area is 132 Å². The van der Waals surface area contributed by atoms with E-state index in [0.717, 1.165) is 6.07 Å². The Morgan fingerprint density at radius 2 is 1.96 bits per heavy atom. The van der Waals surface area contributed by atoms with E-state index in [9.17, 15) is 18.0 Å². The Hall–Kier alpha value is -2.11. The lowest BCUT2D eigenvalue weighted by Crippen LogP contribution is -2.24. The minimum Gasteiger partial charge on any atom is -0.463 e. The molecule has 1 aromatic rings. The molecule has 0 saturated heterocycles. The van der Waals surface area contributed by atoms with Crippen molar-refractivity contribution in [2.75, 3.05) is 6.61 Å². The summed E-state index contributed by atoms with van der Waals surface area (Å²) < 4.78 is 45.0. The number of rotatable bonds is 3. The lowest BCUT2D eigenvalue weighted by molar-refractivity contribution is -0.140. The predicted octanol–water partition coefficient (Wildman–Crippen LogP) is 4.49. The summed E-state index contributed by atoms with van der Waals surface area (Å²) >= 11 is 0. The van der Waals surface area contributed by atoms with E-state index in [4.69, 9.17) is 4.74 Å². The van der Waals surface area contributed by atoms with Gasteiger partial charge in [0.2, 0.25) is 0 Å². The number of hydrogen-bond acceptors (Lipinski definition) is 3. The van der Waals surface area contributed by atoms with E-state index in [1.165, 1.54) is 12.1 Å². The van der Waals surface area contributed by atoms with Gasteiger partial charge in [0, 0.05) is 17.3 Å². The van der Waals surface area contributed by atoms with Crippen LogP contribution < -0.4 is 0 Å². The fraction of sp³-hybridized carbons (Fsp3) is 0.412. The van der Waals surface area contributed by atoms with Crippen LogP contribution in [0.1, 0.15) is 44.2 Å². The molecule has 1 unspecified atom stereocenters. The van der Waals surface area contributed by atoms with Crippen molar-refractivity contribution in [3.63, 3.8) is 0 Å². The molecule has 124 valence electrons. The first-order chi connectivity index (χ1) is 10.8. The van der Waals surface area contributed by atoms with Gasteiger partial charge in [0.1, 0.15) is 0 Å². The monoisotopic (exact) mass is 325 g/mol. The van der Waals surface area contributed by atoms with E-state index in [1.807, 2.05) is 0 Å². The van der Waals surface area contributed by atoms with Gasteiger partial charge in [-0.2, -0.15) is 13.2 Å². The number of esters is 1. The number of nitrogens with zero attached hydrogens (tertiary/aromatic N) is 1. The fourth-order valence-corrected chi connectivity index (χ4v) is 2.87. The van der Waals surface area contributed by atoms with E-state index in [-0.39, 0.29) is 24.2 Å². The Bertz CT molecular complexity index is 675. The first-order valence-corrected chi connectivity index (χ1v) is 7.33. The molecule has 6 heteroatoms. The Balaban J connectivity index is 2.58. The van der Waals surface area contributed by atoms with Crippen molar-refractivity contribution in [3.8, 4) is 0 Å². The summed E-state index contributed by atoms with van der Waals surface area (Å²) in [6, 6.07) is 5.34. The molecule has 0 amide bonds.